The van der Waals surface area contributed by atoms with Gasteiger partial charge in [-0.25, -0.2) is 0 Å². The summed E-state index contributed by atoms with van der Waals surface area (Å²) in [5.41, 5.74) is 0.652. The van der Waals surface area contributed by atoms with Gasteiger partial charge >= 0.3 is 0 Å². The lowest BCUT2D eigenvalue weighted by Crippen LogP contribution is -2.44. The number of hydrogen-bond donors (Lipinski definition) is 0. The minimum atomic E-state index is 0.652. The largest absolute Gasteiger partial charge is 0.304 e. The van der Waals surface area contributed by atoms with Crippen molar-refractivity contribution in [2.75, 3.05) is 39.8 Å². The summed E-state index contributed by atoms with van der Waals surface area (Å²) in [5, 5.41) is 0.653. The van der Waals surface area contributed by atoms with Gasteiger partial charge in [-0.05, 0) is 25.7 Å². The quantitative estimate of drug-likeness (QED) is 0.749. The fourth-order valence-electron chi connectivity index (χ4n) is 1.71. The Balaban J connectivity index is 0. The molecule has 1 aromatic carbocycles. The van der Waals surface area contributed by atoms with E-state index in [2.05, 4.69) is 23.8 Å². The van der Waals surface area contributed by atoms with Gasteiger partial charge in [0, 0.05) is 36.8 Å². The van der Waals surface area contributed by atoms with Gasteiger partial charge in [0.25, 0.3) is 0 Å². The standard InChI is InChI=1S/C7H5ClO.C7H16N2.2C2H6/c8-7-3-1-6(5-9)2-4-7;1-3-9-6-4-8(2)5-7-9;2*1-2/h1-5H;3-7H2,1-2H3;2*1-2H3. The van der Waals surface area contributed by atoms with Gasteiger partial charge in [0.15, 0.2) is 0 Å². The topological polar surface area (TPSA) is 23.6 Å². The van der Waals surface area contributed by atoms with Gasteiger partial charge < -0.3 is 9.80 Å². The summed E-state index contributed by atoms with van der Waals surface area (Å²) in [4.78, 5) is 14.9. The maximum absolute atomic E-state index is 10.1. The number of carbonyl (C=O) groups excluding carboxylic acids is 1. The second kappa shape index (κ2) is 16.5. The molecule has 1 aliphatic heterocycles. The Morgan fingerprint density at radius 1 is 1.00 bits per heavy atom. The molecule has 0 bridgehead atoms. The van der Waals surface area contributed by atoms with Crippen molar-refractivity contribution in [2.45, 2.75) is 34.6 Å². The van der Waals surface area contributed by atoms with E-state index in [1.807, 2.05) is 27.7 Å². The third-order valence-electron chi connectivity index (χ3n) is 3.05. The van der Waals surface area contributed by atoms with Crippen molar-refractivity contribution in [3.63, 3.8) is 0 Å². The van der Waals surface area contributed by atoms with Crippen LogP contribution in [0.3, 0.4) is 0 Å². The number of carbonyl (C=O) groups is 1. The van der Waals surface area contributed by atoms with E-state index in [1.54, 1.807) is 24.3 Å². The summed E-state index contributed by atoms with van der Waals surface area (Å²) < 4.78 is 0. The third kappa shape index (κ3) is 11.7. The monoisotopic (exact) mass is 328 g/mol. The normalized spacial score (nSPS) is 14.3. The van der Waals surface area contributed by atoms with Crippen LogP contribution in [0.15, 0.2) is 24.3 Å². The summed E-state index contributed by atoms with van der Waals surface area (Å²) >= 11 is 5.55. The maximum atomic E-state index is 10.1. The summed E-state index contributed by atoms with van der Waals surface area (Å²) in [6.07, 6.45) is 0.788. The van der Waals surface area contributed by atoms with Crippen LogP contribution in [-0.4, -0.2) is 55.9 Å². The molecule has 0 amide bonds. The van der Waals surface area contributed by atoms with E-state index in [1.165, 1.54) is 32.7 Å². The van der Waals surface area contributed by atoms with Crippen LogP contribution < -0.4 is 0 Å². The molecule has 4 heteroatoms. The SMILES string of the molecule is CC.CC.CCN1CCN(C)CC1.O=Cc1ccc(Cl)cc1. The van der Waals surface area contributed by atoms with Crippen molar-refractivity contribution in [3.05, 3.63) is 34.9 Å². The van der Waals surface area contributed by atoms with Crippen molar-refractivity contribution in [3.8, 4) is 0 Å². The lowest BCUT2D eigenvalue weighted by molar-refractivity contribution is 0.112. The Morgan fingerprint density at radius 3 is 1.82 bits per heavy atom. The van der Waals surface area contributed by atoms with E-state index in [-0.39, 0.29) is 0 Å². The van der Waals surface area contributed by atoms with Crippen LogP contribution in [0.5, 0.6) is 0 Å². The summed E-state index contributed by atoms with van der Waals surface area (Å²) in [6, 6.07) is 6.72. The van der Waals surface area contributed by atoms with E-state index in [0.717, 1.165) is 6.29 Å². The first-order chi connectivity index (χ1) is 10.7. The van der Waals surface area contributed by atoms with Gasteiger partial charge in [0.05, 0.1) is 0 Å². The highest BCUT2D eigenvalue weighted by molar-refractivity contribution is 6.30. The van der Waals surface area contributed by atoms with Crippen LogP contribution in [0.1, 0.15) is 45.0 Å². The molecule has 128 valence electrons. The molecule has 1 fully saturated rings. The highest BCUT2D eigenvalue weighted by Gasteiger charge is 2.10. The number of rotatable bonds is 2. The molecular weight excluding hydrogens is 296 g/mol. The number of likely N-dealkylation sites (N-methyl/N-ethyl adjacent to an activating group) is 2. The zero-order chi connectivity index (χ0) is 17.4. The lowest BCUT2D eigenvalue weighted by atomic mass is 10.2. The molecule has 0 aromatic heterocycles. The van der Waals surface area contributed by atoms with Crippen LogP contribution in [-0.2, 0) is 0 Å². The van der Waals surface area contributed by atoms with Crippen LogP contribution in [0, 0.1) is 0 Å². The Hall–Kier alpha value is -0.900. The minimum Gasteiger partial charge on any atom is -0.304 e. The van der Waals surface area contributed by atoms with E-state index in [0.29, 0.717) is 10.6 Å². The second-order valence-corrected chi connectivity index (χ2v) is 4.84. The summed E-state index contributed by atoms with van der Waals surface area (Å²) in [6.45, 7) is 16.4. The molecule has 0 N–H and O–H groups in total. The molecule has 1 heterocycles. The average molecular weight is 329 g/mol. The highest BCUT2D eigenvalue weighted by atomic mass is 35.5. The fourth-order valence-corrected chi connectivity index (χ4v) is 1.83. The summed E-state index contributed by atoms with van der Waals surface area (Å²) in [7, 11) is 2.19. The zero-order valence-corrected chi connectivity index (χ0v) is 15.9. The number of aldehydes is 1. The average Bonchev–Trinajstić information content (AvgIpc) is 2.60. The smallest absolute Gasteiger partial charge is 0.150 e. The highest BCUT2D eigenvalue weighted by Crippen LogP contribution is 2.07. The molecule has 1 aromatic rings. The molecule has 22 heavy (non-hydrogen) atoms. The molecule has 1 aliphatic rings. The van der Waals surface area contributed by atoms with Gasteiger partial charge in [-0.15, -0.1) is 0 Å². The van der Waals surface area contributed by atoms with E-state index < -0.39 is 0 Å². The number of hydrogen-bond acceptors (Lipinski definition) is 3. The minimum absolute atomic E-state index is 0.652. The van der Waals surface area contributed by atoms with Crippen LogP contribution >= 0.6 is 11.6 Å². The summed E-state index contributed by atoms with van der Waals surface area (Å²) in [5.74, 6) is 0. The van der Waals surface area contributed by atoms with Crippen molar-refractivity contribution in [2.24, 2.45) is 0 Å². The van der Waals surface area contributed by atoms with E-state index in [4.69, 9.17) is 11.6 Å². The van der Waals surface area contributed by atoms with Crippen molar-refractivity contribution in [1.82, 2.24) is 9.80 Å². The van der Waals surface area contributed by atoms with Crippen LogP contribution in [0.4, 0.5) is 0 Å². The Kier molecular flexibility index (Phi) is 17.5. The number of halogens is 1. The van der Waals surface area contributed by atoms with E-state index >= 15 is 0 Å². The van der Waals surface area contributed by atoms with Gasteiger partial charge in [0.1, 0.15) is 6.29 Å². The van der Waals surface area contributed by atoms with Gasteiger partial charge in [-0.3, -0.25) is 4.79 Å². The first-order valence-electron chi connectivity index (χ1n) is 8.27. The Bertz CT molecular complexity index is 347. The Morgan fingerprint density at radius 2 is 1.45 bits per heavy atom. The predicted octanol–water partition coefficient (Wildman–Crippen LogP) is 4.46. The van der Waals surface area contributed by atoms with Crippen molar-refractivity contribution < 1.29 is 4.79 Å². The first kappa shape index (κ1) is 23.4. The number of benzene rings is 1. The van der Waals surface area contributed by atoms with Crippen LogP contribution in [0.25, 0.3) is 0 Å². The molecule has 0 atom stereocenters. The van der Waals surface area contributed by atoms with Gasteiger partial charge in [-0.1, -0.05) is 58.4 Å². The first-order valence-corrected chi connectivity index (χ1v) is 8.65. The molecule has 2 rings (SSSR count). The number of piperazine rings is 1. The molecule has 0 aliphatic carbocycles. The van der Waals surface area contributed by atoms with Gasteiger partial charge in [-0.2, -0.15) is 0 Å². The molecule has 0 unspecified atom stereocenters. The zero-order valence-electron chi connectivity index (χ0n) is 15.1. The molecular formula is C18H33ClN2O. The fraction of sp³-hybridized carbons (Fsp3) is 0.611. The third-order valence-corrected chi connectivity index (χ3v) is 3.30. The number of nitrogens with zero attached hydrogens (tertiary/aromatic N) is 2. The van der Waals surface area contributed by atoms with E-state index in [9.17, 15) is 4.79 Å². The molecule has 0 saturated carbocycles. The molecule has 0 radical (unpaired) electrons. The maximum Gasteiger partial charge on any atom is 0.150 e. The molecule has 0 spiro atoms. The van der Waals surface area contributed by atoms with Crippen molar-refractivity contribution >= 4 is 17.9 Å². The molecule has 3 nitrogen and oxygen atoms in total. The molecule has 1 saturated heterocycles. The Labute approximate surface area is 142 Å². The van der Waals surface area contributed by atoms with Crippen molar-refractivity contribution in [1.29, 1.82) is 0 Å². The van der Waals surface area contributed by atoms with Gasteiger partial charge in [0.2, 0.25) is 0 Å². The predicted molar refractivity (Wildman–Crippen MR) is 99.1 cm³/mol. The second-order valence-electron chi connectivity index (χ2n) is 4.41. The van der Waals surface area contributed by atoms with Crippen LogP contribution in [0.2, 0.25) is 5.02 Å². The lowest BCUT2D eigenvalue weighted by Gasteiger charge is -2.31.